The number of hydrogen-bond donors (Lipinski definition) is 0. The Morgan fingerprint density at radius 1 is 1.50 bits per heavy atom. The Hall–Kier alpha value is -1.83. The van der Waals surface area contributed by atoms with E-state index in [1.54, 1.807) is 13.8 Å². The summed E-state index contributed by atoms with van der Waals surface area (Å²) in [5.41, 5.74) is 1.47. The zero-order valence-corrected chi connectivity index (χ0v) is 10.8. The molecule has 0 radical (unpaired) electrons. The largest absolute Gasteiger partial charge is 0.361 e. The molecule has 1 aromatic rings. The fourth-order valence-corrected chi connectivity index (χ4v) is 2.47. The lowest BCUT2D eigenvalue weighted by Gasteiger charge is -2.17. The number of carbonyl (C=O) groups is 1. The number of amides is 1. The third-order valence-corrected chi connectivity index (χ3v) is 3.43. The Morgan fingerprint density at radius 2 is 2.17 bits per heavy atom. The molecule has 0 aromatic carbocycles. The highest BCUT2D eigenvalue weighted by Crippen LogP contribution is 2.27. The van der Waals surface area contributed by atoms with Crippen molar-refractivity contribution in [1.29, 1.82) is 5.26 Å². The minimum Gasteiger partial charge on any atom is -0.361 e. The molecule has 1 saturated heterocycles. The van der Waals surface area contributed by atoms with E-state index < -0.39 is 5.92 Å². The number of nitriles is 1. The number of aromatic nitrogens is 1. The van der Waals surface area contributed by atoms with Gasteiger partial charge in [0.15, 0.2) is 0 Å². The van der Waals surface area contributed by atoms with Crippen LogP contribution in [0.3, 0.4) is 0 Å². The van der Waals surface area contributed by atoms with Gasteiger partial charge in [0.2, 0.25) is 5.91 Å². The van der Waals surface area contributed by atoms with Crippen LogP contribution in [0.4, 0.5) is 0 Å². The molecule has 1 aliphatic heterocycles. The lowest BCUT2D eigenvalue weighted by molar-refractivity contribution is -0.130. The molecule has 0 bridgehead atoms. The van der Waals surface area contributed by atoms with Gasteiger partial charge in [-0.1, -0.05) is 5.16 Å². The van der Waals surface area contributed by atoms with Gasteiger partial charge in [0.1, 0.15) is 5.76 Å². The number of nitrogens with zero attached hydrogens (tertiary/aromatic N) is 3. The average Bonchev–Trinajstić information content (AvgIpc) is 2.98. The predicted octanol–water partition coefficient (Wildman–Crippen LogP) is 1.91. The van der Waals surface area contributed by atoms with Gasteiger partial charge in [-0.3, -0.25) is 4.79 Å². The van der Waals surface area contributed by atoms with E-state index in [0.717, 1.165) is 31.5 Å². The maximum atomic E-state index is 12.1. The Morgan fingerprint density at radius 3 is 2.67 bits per heavy atom. The van der Waals surface area contributed by atoms with Crippen molar-refractivity contribution in [2.24, 2.45) is 0 Å². The van der Waals surface area contributed by atoms with E-state index in [1.807, 2.05) is 4.90 Å². The van der Waals surface area contributed by atoms with Crippen molar-refractivity contribution in [2.75, 3.05) is 13.1 Å². The maximum Gasteiger partial charge on any atom is 0.224 e. The molecule has 1 atom stereocenters. The molecular formula is C13H17N3O2. The molecule has 2 rings (SSSR count). The van der Waals surface area contributed by atoms with Crippen LogP contribution in [0.15, 0.2) is 4.52 Å². The smallest absolute Gasteiger partial charge is 0.224 e. The third kappa shape index (κ3) is 2.37. The predicted molar refractivity (Wildman–Crippen MR) is 64.8 cm³/mol. The van der Waals surface area contributed by atoms with Gasteiger partial charge in [0, 0.05) is 25.1 Å². The van der Waals surface area contributed by atoms with E-state index in [9.17, 15) is 10.1 Å². The molecule has 1 unspecified atom stereocenters. The molecule has 96 valence electrons. The first kappa shape index (κ1) is 12.6. The molecule has 5 nitrogen and oxygen atoms in total. The van der Waals surface area contributed by atoms with Gasteiger partial charge in [-0.05, 0) is 26.7 Å². The molecule has 0 spiro atoms. The highest BCUT2D eigenvalue weighted by atomic mass is 16.5. The van der Waals surface area contributed by atoms with Gasteiger partial charge in [0.05, 0.1) is 17.7 Å². The van der Waals surface area contributed by atoms with E-state index >= 15 is 0 Å². The normalized spacial score (nSPS) is 16.6. The fourth-order valence-electron chi connectivity index (χ4n) is 2.47. The van der Waals surface area contributed by atoms with Crippen LogP contribution in [0.5, 0.6) is 0 Å². The number of hydrogen-bond acceptors (Lipinski definition) is 4. The van der Waals surface area contributed by atoms with E-state index in [-0.39, 0.29) is 12.3 Å². The maximum absolute atomic E-state index is 12.1. The Balaban J connectivity index is 2.11. The van der Waals surface area contributed by atoms with Gasteiger partial charge in [0.25, 0.3) is 0 Å². The van der Waals surface area contributed by atoms with Crippen LogP contribution in [-0.2, 0) is 4.79 Å². The number of rotatable bonds is 3. The monoisotopic (exact) mass is 247 g/mol. The van der Waals surface area contributed by atoms with Crippen LogP contribution in [0.1, 0.15) is 42.2 Å². The standard InChI is InChI=1S/C13H17N3O2/c1-9-13(10(2)18-15-9)11(8-14)7-12(17)16-5-3-4-6-16/h11H,3-7H2,1-2H3. The first-order chi connectivity index (χ1) is 8.63. The van der Waals surface area contributed by atoms with E-state index in [2.05, 4.69) is 11.2 Å². The second kappa shape index (κ2) is 5.21. The molecule has 18 heavy (non-hydrogen) atoms. The molecule has 0 N–H and O–H groups in total. The summed E-state index contributed by atoms with van der Waals surface area (Å²) >= 11 is 0. The first-order valence-electron chi connectivity index (χ1n) is 6.23. The Bertz CT molecular complexity index is 461. The molecule has 0 aliphatic carbocycles. The molecule has 1 aromatic heterocycles. The average molecular weight is 247 g/mol. The molecular weight excluding hydrogens is 230 g/mol. The van der Waals surface area contributed by atoms with Gasteiger partial charge in [-0.2, -0.15) is 5.26 Å². The molecule has 2 heterocycles. The summed E-state index contributed by atoms with van der Waals surface area (Å²) in [6.45, 7) is 5.22. The summed E-state index contributed by atoms with van der Waals surface area (Å²) in [6.07, 6.45) is 2.35. The second-order valence-corrected chi connectivity index (χ2v) is 4.71. The van der Waals surface area contributed by atoms with Gasteiger partial charge < -0.3 is 9.42 Å². The molecule has 5 heteroatoms. The minimum atomic E-state index is -0.454. The molecule has 1 aliphatic rings. The van der Waals surface area contributed by atoms with Crippen molar-refractivity contribution in [3.05, 3.63) is 17.0 Å². The minimum absolute atomic E-state index is 0.0547. The summed E-state index contributed by atoms with van der Waals surface area (Å²) in [5, 5.41) is 13.1. The lowest BCUT2D eigenvalue weighted by atomic mass is 9.95. The summed E-state index contributed by atoms with van der Waals surface area (Å²) in [6, 6.07) is 2.19. The molecule has 1 fully saturated rings. The van der Waals surface area contributed by atoms with Crippen LogP contribution >= 0.6 is 0 Å². The van der Waals surface area contributed by atoms with E-state index in [4.69, 9.17) is 4.52 Å². The molecule has 1 amide bonds. The zero-order chi connectivity index (χ0) is 13.1. The quantitative estimate of drug-likeness (QED) is 0.818. The summed E-state index contributed by atoms with van der Waals surface area (Å²) in [7, 11) is 0. The summed E-state index contributed by atoms with van der Waals surface area (Å²) in [5.74, 6) is 0.233. The van der Waals surface area contributed by atoms with E-state index in [1.165, 1.54) is 0 Å². The van der Waals surface area contributed by atoms with Crippen LogP contribution in [0.2, 0.25) is 0 Å². The van der Waals surface area contributed by atoms with Gasteiger partial charge in [-0.25, -0.2) is 0 Å². The van der Waals surface area contributed by atoms with Crippen LogP contribution in [0, 0.1) is 25.2 Å². The van der Waals surface area contributed by atoms with Crippen LogP contribution in [0.25, 0.3) is 0 Å². The highest BCUT2D eigenvalue weighted by Gasteiger charge is 2.26. The SMILES string of the molecule is Cc1noc(C)c1C(C#N)CC(=O)N1CCCC1. The summed E-state index contributed by atoms with van der Waals surface area (Å²) in [4.78, 5) is 13.9. The number of likely N-dealkylation sites (tertiary alicyclic amines) is 1. The second-order valence-electron chi connectivity index (χ2n) is 4.71. The Labute approximate surface area is 106 Å². The summed E-state index contributed by atoms with van der Waals surface area (Å²) < 4.78 is 5.06. The topological polar surface area (TPSA) is 70.1 Å². The van der Waals surface area contributed by atoms with Crippen molar-refractivity contribution < 1.29 is 9.32 Å². The third-order valence-electron chi connectivity index (χ3n) is 3.43. The van der Waals surface area contributed by atoms with Crippen molar-refractivity contribution >= 4 is 5.91 Å². The number of aryl methyl sites for hydroxylation is 2. The number of carbonyl (C=O) groups excluding carboxylic acids is 1. The molecule has 0 saturated carbocycles. The highest BCUT2D eigenvalue weighted by molar-refractivity contribution is 5.78. The van der Waals surface area contributed by atoms with Gasteiger partial charge >= 0.3 is 0 Å². The van der Waals surface area contributed by atoms with Gasteiger partial charge in [-0.15, -0.1) is 0 Å². The van der Waals surface area contributed by atoms with Crippen molar-refractivity contribution in [2.45, 2.75) is 39.0 Å². The van der Waals surface area contributed by atoms with Crippen LogP contribution < -0.4 is 0 Å². The van der Waals surface area contributed by atoms with Crippen molar-refractivity contribution in [3.8, 4) is 6.07 Å². The first-order valence-corrected chi connectivity index (χ1v) is 6.23. The van der Waals surface area contributed by atoms with E-state index in [0.29, 0.717) is 11.5 Å². The fraction of sp³-hybridized carbons (Fsp3) is 0.615. The lowest BCUT2D eigenvalue weighted by Crippen LogP contribution is -2.28. The van der Waals surface area contributed by atoms with Crippen molar-refractivity contribution in [1.82, 2.24) is 10.1 Å². The zero-order valence-electron chi connectivity index (χ0n) is 10.8. The van der Waals surface area contributed by atoms with Crippen molar-refractivity contribution in [3.63, 3.8) is 0 Å². The Kier molecular flexibility index (Phi) is 3.66. The van der Waals surface area contributed by atoms with Crippen LogP contribution in [-0.4, -0.2) is 29.1 Å².